The highest BCUT2D eigenvalue weighted by molar-refractivity contribution is 6.17. The molecule has 4 nitrogen and oxygen atoms in total. The Morgan fingerprint density at radius 1 is 0.519 bits per heavy atom. The standard InChI is InChI=1S/C48H42N4/c1-29-12-11-13-30(2)45(29)52-40-15-10-9-14-35(40)36-20-23-43(44(46(36)52)37-24-31(27-49)16-17-32(37)28-50)51-41-21-18-33(47(3,4)5)25-38(41)39-26-34(48(6,7)8)19-22-42(39)51/h9-26H,1-8H3. The van der Waals surface area contributed by atoms with Gasteiger partial charge in [0.05, 0.1) is 56.7 Å². The fraction of sp³-hybridized carbons (Fsp3) is 0.208. The van der Waals surface area contributed by atoms with Crippen molar-refractivity contribution in [2.75, 3.05) is 0 Å². The van der Waals surface area contributed by atoms with Gasteiger partial charge < -0.3 is 9.13 Å². The average molecular weight is 675 g/mol. The van der Waals surface area contributed by atoms with E-state index in [1.54, 1.807) is 12.1 Å². The Morgan fingerprint density at radius 3 is 1.69 bits per heavy atom. The quantitative estimate of drug-likeness (QED) is 0.187. The number of fused-ring (bicyclic) bond motifs is 6. The fourth-order valence-corrected chi connectivity index (χ4v) is 8.02. The normalized spacial score (nSPS) is 12.2. The third-order valence-electron chi connectivity index (χ3n) is 10.8. The monoisotopic (exact) mass is 674 g/mol. The van der Waals surface area contributed by atoms with Gasteiger partial charge in [0.2, 0.25) is 0 Å². The molecule has 0 fully saturated rings. The lowest BCUT2D eigenvalue weighted by Gasteiger charge is -2.21. The third-order valence-corrected chi connectivity index (χ3v) is 10.8. The van der Waals surface area contributed by atoms with Crippen LogP contribution in [0.25, 0.3) is 66.1 Å². The minimum atomic E-state index is -0.0277. The number of benzene rings is 6. The third kappa shape index (κ3) is 5.02. The maximum absolute atomic E-state index is 10.7. The molecule has 52 heavy (non-hydrogen) atoms. The summed E-state index contributed by atoms with van der Waals surface area (Å²) in [5.74, 6) is 0. The van der Waals surface area contributed by atoms with E-state index in [9.17, 15) is 10.5 Å². The molecule has 8 aromatic rings. The Balaban J connectivity index is 1.64. The molecule has 6 aromatic carbocycles. The van der Waals surface area contributed by atoms with E-state index in [0.29, 0.717) is 11.1 Å². The Bertz CT molecular complexity index is 2760. The van der Waals surface area contributed by atoms with Crippen molar-refractivity contribution in [3.05, 3.63) is 143 Å². The maximum atomic E-state index is 10.7. The number of rotatable bonds is 3. The van der Waals surface area contributed by atoms with Gasteiger partial charge in [-0.3, -0.25) is 0 Å². The Labute approximate surface area is 305 Å². The van der Waals surface area contributed by atoms with E-state index in [-0.39, 0.29) is 10.8 Å². The zero-order chi connectivity index (χ0) is 36.7. The van der Waals surface area contributed by atoms with Gasteiger partial charge in [0.15, 0.2) is 0 Å². The van der Waals surface area contributed by atoms with Crippen LogP contribution in [0.4, 0.5) is 0 Å². The van der Waals surface area contributed by atoms with Crippen molar-refractivity contribution in [3.8, 4) is 34.6 Å². The second kappa shape index (κ2) is 11.7. The zero-order valence-corrected chi connectivity index (χ0v) is 31.2. The van der Waals surface area contributed by atoms with Gasteiger partial charge in [-0.15, -0.1) is 0 Å². The molecule has 0 atom stereocenters. The van der Waals surface area contributed by atoms with Gasteiger partial charge in [0, 0.05) is 32.7 Å². The minimum absolute atomic E-state index is 0.0277. The summed E-state index contributed by atoms with van der Waals surface area (Å²) >= 11 is 0. The second-order valence-electron chi connectivity index (χ2n) is 16.2. The summed E-state index contributed by atoms with van der Waals surface area (Å²) in [4.78, 5) is 0. The van der Waals surface area contributed by atoms with Gasteiger partial charge in [-0.25, -0.2) is 0 Å². The molecule has 2 heterocycles. The lowest BCUT2D eigenvalue weighted by molar-refractivity contribution is 0.590. The molecule has 254 valence electrons. The predicted octanol–water partition coefficient (Wildman–Crippen LogP) is 12.5. The van der Waals surface area contributed by atoms with Crippen LogP contribution in [-0.4, -0.2) is 9.13 Å². The molecule has 0 N–H and O–H groups in total. The first-order valence-electron chi connectivity index (χ1n) is 18.0. The van der Waals surface area contributed by atoms with E-state index in [2.05, 4.69) is 168 Å². The van der Waals surface area contributed by atoms with Crippen LogP contribution >= 0.6 is 0 Å². The number of nitriles is 2. The van der Waals surface area contributed by atoms with Crippen molar-refractivity contribution in [3.63, 3.8) is 0 Å². The van der Waals surface area contributed by atoms with Crippen molar-refractivity contribution in [1.82, 2.24) is 9.13 Å². The zero-order valence-electron chi connectivity index (χ0n) is 31.2. The molecule has 0 spiro atoms. The summed E-state index contributed by atoms with van der Waals surface area (Å²) in [6, 6.07) is 43.5. The summed E-state index contributed by atoms with van der Waals surface area (Å²) < 4.78 is 4.77. The van der Waals surface area contributed by atoms with Gasteiger partial charge in [-0.05, 0) is 102 Å². The first-order valence-corrected chi connectivity index (χ1v) is 18.0. The minimum Gasteiger partial charge on any atom is -0.309 e. The van der Waals surface area contributed by atoms with Crippen LogP contribution in [0.15, 0.2) is 109 Å². The van der Waals surface area contributed by atoms with E-state index in [4.69, 9.17) is 0 Å². The number of hydrogen-bond donors (Lipinski definition) is 0. The molecular weight excluding hydrogens is 633 g/mol. The molecule has 0 amide bonds. The SMILES string of the molecule is Cc1cccc(C)c1-n1c2ccccc2c2ccc(-n3c4ccc(C(C)(C)C)cc4c4cc(C(C)(C)C)ccc43)c(-c3cc(C#N)ccc3C#N)c21. The molecule has 0 aliphatic rings. The number of aromatic nitrogens is 2. The summed E-state index contributed by atoms with van der Waals surface area (Å²) in [5, 5.41) is 25.5. The van der Waals surface area contributed by atoms with Crippen LogP contribution in [0.3, 0.4) is 0 Å². The molecule has 0 aliphatic heterocycles. The van der Waals surface area contributed by atoms with E-state index in [0.717, 1.165) is 66.5 Å². The lowest BCUT2D eigenvalue weighted by Crippen LogP contribution is -2.10. The highest BCUT2D eigenvalue weighted by Gasteiger charge is 2.27. The molecule has 0 aliphatic carbocycles. The highest BCUT2D eigenvalue weighted by Crippen LogP contribution is 2.46. The molecule has 0 radical (unpaired) electrons. The molecule has 4 heteroatoms. The second-order valence-corrected chi connectivity index (χ2v) is 16.2. The fourth-order valence-electron chi connectivity index (χ4n) is 8.02. The van der Waals surface area contributed by atoms with Gasteiger partial charge in [0.25, 0.3) is 0 Å². The summed E-state index contributed by atoms with van der Waals surface area (Å²) in [7, 11) is 0. The molecule has 2 aromatic heterocycles. The lowest BCUT2D eigenvalue weighted by atomic mass is 9.85. The molecular formula is C48H42N4. The van der Waals surface area contributed by atoms with Gasteiger partial charge in [-0.1, -0.05) is 96.1 Å². The predicted molar refractivity (Wildman–Crippen MR) is 217 cm³/mol. The van der Waals surface area contributed by atoms with Gasteiger partial charge in [0.1, 0.15) is 0 Å². The number of nitrogens with zero attached hydrogens (tertiary/aromatic N) is 4. The summed E-state index contributed by atoms with van der Waals surface area (Å²) in [5.41, 5.74) is 13.9. The van der Waals surface area contributed by atoms with E-state index < -0.39 is 0 Å². The smallest absolute Gasteiger partial charge is 0.0998 e. The van der Waals surface area contributed by atoms with Crippen molar-refractivity contribution in [2.45, 2.75) is 66.2 Å². The summed E-state index contributed by atoms with van der Waals surface area (Å²) in [6.07, 6.45) is 0. The molecule has 0 unspecified atom stereocenters. The number of para-hydroxylation sites is 2. The van der Waals surface area contributed by atoms with Gasteiger partial charge in [-0.2, -0.15) is 10.5 Å². The Kier molecular flexibility index (Phi) is 7.46. The molecule has 0 saturated carbocycles. The van der Waals surface area contributed by atoms with Crippen molar-refractivity contribution >= 4 is 43.6 Å². The highest BCUT2D eigenvalue weighted by atomic mass is 15.0. The Morgan fingerprint density at radius 2 is 1.12 bits per heavy atom. The van der Waals surface area contributed by atoms with E-state index in [1.165, 1.54) is 21.9 Å². The van der Waals surface area contributed by atoms with Crippen molar-refractivity contribution < 1.29 is 0 Å². The van der Waals surface area contributed by atoms with E-state index >= 15 is 0 Å². The average Bonchev–Trinajstić information content (AvgIpc) is 3.62. The molecule has 0 bridgehead atoms. The largest absolute Gasteiger partial charge is 0.309 e. The van der Waals surface area contributed by atoms with Crippen LogP contribution < -0.4 is 0 Å². The first-order chi connectivity index (χ1) is 24.8. The van der Waals surface area contributed by atoms with Crippen LogP contribution in [0, 0.1) is 36.5 Å². The van der Waals surface area contributed by atoms with E-state index in [1.807, 2.05) is 6.07 Å². The van der Waals surface area contributed by atoms with Gasteiger partial charge >= 0.3 is 0 Å². The van der Waals surface area contributed by atoms with Crippen LogP contribution in [-0.2, 0) is 10.8 Å². The maximum Gasteiger partial charge on any atom is 0.0998 e. The van der Waals surface area contributed by atoms with Crippen molar-refractivity contribution in [2.24, 2.45) is 0 Å². The van der Waals surface area contributed by atoms with Crippen molar-refractivity contribution in [1.29, 1.82) is 10.5 Å². The van der Waals surface area contributed by atoms with Crippen LogP contribution in [0.5, 0.6) is 0 Å². The van der Waals surface area contributed by atoms with Crippen LogP contribution in [0.1, 0.15) is 74.9 Å². The molecule has 0 saturated heterocycles. The Hall–Kier alpha value is -6.10. The molecule has 8 rings (SSSR count). The first kappa shape index (κ1) is 33.1. The number of aryl methyl sites for hydroxylation is 2. The van der Waals surface area contributed by atoms with Crippen LogP contribution in [0.2, 0.25) is 0 Å². The number of hydrogen-bond acceptors (Lipinski definition) is 2. The topological polar surface area (TPSA) is 57.4 Å². The summed E-state index contributed by atoms with van der Waals surface area (Å²) in [6.45, 7) is 17.9.